The normalized spacial score (nSPS) is 15.0. The van der Waals surface area contributed by atoms with Gasteiger partial charge in [0.25, 0.3) is 11.8 Å². The summed E-state index contributed by atoms with van der Waals surface area (Å²) >= 11 is 11.8. The molecule has 1 aliphatic rings. The molecule has 3 rings (SSSR count). The summed E-state index contributed by atoms with van der Waals surface area (Å²) in [6.45, 7) is 5.48. The highest BCUT2D eigenvalue weighted by Crippen LogP contribution is 2.16. The molecule has 1 N–H and O–H groups in total. The van der Waals surface area contributed by atoms with Crippen molar-refractivity contribution in [2.45, 2.75) is 19.9 Å². The van der Waals surface area contributed by atoms with E-state index in [0.717, 1.165) is 0 Å². The molecule has 0 bridgehead atoms. The van der Waals surface area contributed by atoms with Crippen molar-refractivity contribution in [3.63, 3.8) is 0 Å². The van der Waals surface area contributed by atoms with Crippen LogP contribution in [-0.2, 0) is 4.79 Å². The fraction of sp³-hybridized carbons (Fsp3) is 0.348. The summed E-state index contributed by atoms with van der Waals surface area (Å²) in [5.74, 6) is -0.631. The molecule has 6 nitrogen and oxygen atoms in total. The van der Waals surface area contributed by atoms with Crippen LogP contribution in [0.1, 0.15) is 34.6 Å². The molecule has 31 heavy (non-hydrogen) atoms. The number of nitrogens with zero attached hydrogens (tertiary/aromatic N) is 2. The van der Waals surface area contributed by atoms with E-state index in [1.165, 1.54) is 0 Å². The largest absolute Gasteiger partial charge is 0.340 e. The van der Waals surface area contributed by atoms with Crippen LogP contribution in [0.3, 0.4) is 0 Å². The van der Waals surface area contributed by atoms with Gasteiger partial charge in [0.2, 0.25) is 5.91 Å². The number of halogens is 2. The van der Waals surface area contributed by atoms with Crippen LogP contribution < -0.4 is 5.32 Å². The van der Waals surface area contributed by atoms with Crippen molar-refractivity contribution in [2.24, 2.45) is 5.92 Å². The Morgan fingerprint density at radius 3 is 1.71 bits per heavy atom. The number of benzene rings is 2. The maximum absolute atomic E-state index is 13.1. The van der Waals surface area contributed by atoms with Gasteiger partial charge < -0.3 is 15.1 Å². The van der Waals surface area contributed by atoms with Gasteiger partial charge in [-0.3, -0.25) is 14.4 Å². The van der Waals surface area contributed by atoms with Crippen molar-refractivity contribution in [3.8, 4) is 0 Å². The van der Waals surface area contributed by atoms with E-state index in [9.17, 15) is 14.4 Å². The van der Waals surface area contributed by atoms with Crippen LogP contribution in [0.15, 0.2) is 48.5 Å². The molecule has 0 aliphatic carbocycles. The van der Waals surface area contributed by atoms with Gasteiger partial charge in [0.1, 0.15) is 6.04 Å². The number of piperazine rings is 1. The molecule has 1 atom stereocenters. The molecule has 1 saturated heterocycles. The highest BCUT2D eigenvalue weighted by atomic mass is 35.5. The Morgan fingerprint density at radius 1 is 0.774 bits per heavy atom. The number of amides is 3. The Hall–Kier alpha value is -2.57. The van der Waals surface area contributed by atoms with Crippen LogP contribution >= 0.6 is 23.2 Å². The molecule has 8 heteroatoms. The van der Waals surface area contributed by atoms with E-state index in [1.54, 1.807) is 58.3 Å². The summed E-state index contributed by atoms with van der Waals surface area (Å²) in [6.07, 6.45) is 0. The minimum Gasteiger partial charge on any atom is -0.340 e. The molecule has 0 aromatic heterocycles. The smallest absolute Gasteiger partial charge is 0.253 e. The molecule has 0 saturated carbocycles. The summed E-state index contributed by atoms with van der Waals surface area (Å²) in [6, 6.07) is 12.6. The Bertz CT molecular complexity index is 938. The van der Waals surface area contributed by atoms with Gasteiger partial charge >= 0.3 is 0 Å². The number of rotatable bonds is 5. The van der Waals surface area contributed by atoms with E-state index in [0.29, 0.717) is 47.4 Å². The lowest BCUT2D eigenvalue weighted by Gasteiger charge is -2.37. The zero-order valence-electron chi connectivity index (χ0n) is 17.5. The van der Waals surface area contributed by atoms with E-state index < -0.39 is 6.04 Å². The molecule has 1 heterocycles. The highest BCUT2D eigenvalue weighted by Gasteiger charge is 2.32. The lowest BCUT2D eigenvalue weighted by Crippen LogP contribution is -2.57. The summed E-state index contributed by atoms with van der Waals surface area (Å²) in [5.41, 5.74) is 1.01. The van der Waals surface area contributed by atoms with Gasteiger partial charge in [-0.1, -0.05) is 37.0 Å². The summed E-state index contributed by atoms with van der Waals surface area (Å²) < 4.78 is 0. The Kier molecular flexibility index (Phi) is 7.57. The standard InChI is InChI=1S/C23H25Cl2N3O3/c1-15(2)20(26-21(29)16-3-7-18(24)8-4-16)23(31)28-13-11-27(12-14-28)22(30)17-5-9-19(25)10-6-17/h3-10,15,20H,11-14H2,1-2H3,(H,26,29). The van der Waals surface area contributed by atoms with Crippen molar-refractivity contribution in [1.29, 1.82) is 0 Å². The predicted molar refractivity (Wildman–Crippen MR) is 121 cm³/mol. The van der Waals surface area contributed by atoms with Gasteiger partial charge in [0.05, 0.1) is 0 Å². The maximum atomic E-state index is 13.1. The van der Waals surface area contributed by atoms with Crippen molar-refractivity contribution in [2.75, 3.05) is 26.2 Å². The minimum absolute atomic E-state index is 0.0831. The number of hydrogen-bond acceptors (Lipinski definition) is 3. The molecular formula is C23H25Cl2N3O3. The van der Waals surface area contributed by atoms with Crippen LogP contribution in [0.4, 0.5) is 0 Å². The Morgan fingerprint density at radius 2 is 1.23 bits per heavy atom. The van der Waals surface area contributed by atoms with Crippen LogP contribution in [0.25, 0.3) is 0 Å². The lowest BCUT2D eigenvalue weighted by molar-refractivity contribution is -0.135. The fourth-order valence-corrected chi connectivity index (χ4v) is 3.69. The first-order valence-electron chi connectivity index (χ1n) is 10.2. The monoisotopic (exact) mass is 461 g/mol. The fourth-order valence-electron chi connectivity index (χ4n) is 3.44. The van der Waals surface area contributed by atoms with Crippen LogP contribution in [-0.4, -0.2) is 59.7 Å². The summed E-state index contributed by atoms with van der Waals surface area (Å²) in [4.78, 5) is 41.8. The molecule has 164 valence electrons. The van der Waals surface area contributed by atoms with Crippen LogP contribution in [0, 0.1) is 5.92 Å². The van der Waals surface area contributed by atoms with Crippen molar-refractivity contribution in [1.82, 2.24) is 15.1 Å². The van der Waals surface area contributed by atoms with Gasteiger partial charge in [0, 0.05) is 47.4 Å². The predicted octanol–water partition coefficient (Wildman–Crippen LogP) is 3.73. The van der Waals surface area contributed by atoms with E-state index in [4.69, 9.17) is 23.2 Å². The molecule has 1 fully saturated rings. The zero-order valence-corrected chi connectivity index (χ0v) is 19.0. The van der Waals surface area contributed by atoms with Crippen LogP contribution in [0.5, 0.6) is 0 Å². The van der Waals surface area contributed by atoms with Gasteiger partial charge in [0.15, 0.2) is 0 Å². The summed E-state index contributed by atoms with van der Waals surface area (Å²) in [7, 11) is 0. The van der Waals surface area contributed by atoms with Gasteiger partial charge in [-0.15, -0.1) is 0 Å². The van der Waals surface area contributed by atoms with E-state index in [2.05, 4.69) is 5.32 Å². The molecule has 0 radical (unpaired) electrons. The van der Waals surface area contributed by atoms with E-state index in [1.807, 2.05) is 13.8 Å². The second-order valence-electron chi connectivity index (χ2n) is 7.83. The number of nitrogens with one attached hydrogen (secondary N) is 1. The first-order chi connectivity index (χ1) is 14.8. The van der Waals surface area contributed by atoms with Crippen LogP contribution in [0.2, 0.25) is 10.0 Å². The van der Waals surface area contributed by atoms with Gasteiger partial charge in [-0.25, -0.2) is 0 Å². The zero-order chi connectivity index (χ0) is 22.5. The van der Waals surface area contributed by atoms with E-state index >= 15 is 0 Å². The molecule has 1 unspecified atom stereocenters. The quantitative estimate of drug-likeness (QED) is 0.737. The molecule has 2 aromatic rings. The SMILES string of the molecule is CC(C)C(NC(=O)c1ccc(Cl)cc1)C(=O)N1CCN(C(=O)c2ccc(Cl)cc2)CC1. The molecule has 3 amide bonds. The van der Waals surface area contributed by atoms with Crippen molar-refractivity contribution < 1.29 is 14.4 Å². The maximum Gasteiger partial charge on any atom is 0.253 e. The van der Waals surface area contributed by atoms with Gasteiger partial charge in [-0.2, -0.15) is 0 Å². The van der Waals surface area contributed by atoms with Gasteiger partial charge in [-0.05, 0) is 54.4 Å². The summed E-state index contributed by atoms with van der Waals surface area (Å²) in [5, 5.41) is 3.97. The average molecular weight is 462 g/mol. The third-order valence-corrected chi connectivity index (χ3v) is 5.80. The average Bonchev–Trinajstić information content (AvgIpc) is 2.77. The Balaban J connectivity index is 1.60. The lowest BCUT2D eigenvalue weighted by atomic mass is 10.0. The number of hydrogen-bond donors (Lipinski definition) is 1. The third-order valence-electron chi connectivity index (χ3n) is 5.30. The molecule has 1 aliphatic heterocycles. The molecule has 2 aromatic carbocycles. The number of carbonyl (C=O) groups is 3. The topological polar surface area (TPSA) is 69.7 Å². The molecular weight excluding hydrogens is 437 g/mol. The minimum atomic E-state index is -0.651. The third kappa shape index (κ3) is 5.77. The van der Waals surface area contributed by atoms with E-state index in [-0.39, 0.29) is 23.6 Å². The Labute approximate surface area is 192 Å². The second kappa shape index (κ2) is 10.2. The molecule has 0 spiro atoms. The van der Waals surface area contributed by atoms with Crippen molar-refractivity contribution >= 4 is 40.9 Å². The second-order valence-corrected chi connectivity index (χ2v) is 8.70. The first kappa shape index (κ1) is 23.1. The van der Waals surface area contributed by atoms with Crippen molar-refractivity contribution in [3.05, 3.63) is 69.7 Å². The highest BCUT2D eigenvalue weighted by molar-refractivity contribution is 6.31. The number of carbonyl (C=O) groups excluding carboxylic acids is 3. The first-order valence-corrected chi connectivity index (χ1v) is 10.9.